The molecule has 4 fully saturated rings. The highest BCUT2D eigenvalue weighted by molar-refractivity contribution is 6.99. The number of hydrogen-bond donors (Lipinski definition) is 1. The van der Waals surface area contributed by atoms with Crippen LogP contribution in [0.2, 0.25) is 5.04 Å². The maximum absolute atomic E-state index is 13.1. The first kappa shape index (κ1) is 32.7. The van der Waals surface area contributed by atoms with E-state index in [2.05, 4.69) is 95.1 Å². The summed E-state index contributed by atoms with van der Waals surface area (Å²) in [6.45, 7) is 14.8. The summed E-state index contributed by atoms with van der Waals surface area (Å²) < 4.78 is 28.5. The van der Waals surface area contributed by atoms with E-state index in [0.29, 0.717) is 31.5 Å². The highest BCUT2D eigenvalue weighted by atomic mass is 28.4. The molecule has 1 N–H and O–H groups in total. The van der Waals surface area contributed by atoms with Crippen LogP contribution < -0.4 is 21.6 Å². The lowest BCUT2D eigenvalue weighted by Gasteiger charge is -2.43. The van der Waals surface area contributed by atoms with E-state index >= 15 is 0 Å². The molecule has 1 aromatic heterocycles. The molecule has 3 heterocycles. The Bertz CT molecular complexity index is 1640. The van der Waals surface area contributed by atoms with Gasteiger partial charge in [-0.05, 0) is 57.3 Å². The monoisotopic (exact) mass is 658 g/mol. The van der Waals surface area contributed by atoms with Gasteiger partial charge in [0, 0.05) is 31.2 Å². The largest absolute Gasteiger partial charge is 0.407 e. The minimum absolute atomic E-state index is 0.145. The molecule has 2 saturated heterocycles. The summed E-state index contributed by atoms with van der Waals surface area (Å²) in [7, 11) is -2.82. The first-order valence-electron chi connectivity index (χ1n) is 17.3. The van der Waals surface area contributed by atoms with Crippen molar-refractivity contribution >= 4 is 18.7 Å². The van der Waals surface area contributed by atoms with Crippen molar-refractivity contribution in [3.8, 4) is 0 Å². The van der Waals surface area contributed by atoms with Crippen LogP contribution in [0.3, 0.4) is 0 Å². The lowest BCUT2D eigenvalue weighted by molar-refractivity contribution is -0.179. The highest BCUT2D eigenvalue weighted by Gasteiger charge is 2.69. The van der Waals surface area contributed by atoms with Gasteiger partial charge in [-0.3, -0.25) is 14.3 Å². The lowest BCUT2D eigenvalue weighted by atomic mass is 9.70. The fourth-order valence-corrected chi connectivity index (χ4v) is 14.4. The molecule has 4 aliphatic rings. The van der Waals surface area contributed by atoms with E-state index in [1.165, 1.54) is 40.0 Å². The van der Waals surface area contributed by atoms with Gasteiger partial charge in [0.15, 0.2) is 6.29 Å². The van der Waals surface area contributed by atoms with E-state index in [0.717, 1.165) is 6.42 Å². The quantitative estimate of drug-likeness (QED) is 0.317. The number of aromatic amines is 1. The normalized spacial score (nSPS) is 32.9. The van der Waals surface area contributed by atoms with Gasteiger partial charge in [0.1, 0.15) is 6.23 Å². The Morgan fingerprint density at radius 1 is 0.915 bits per heavy atom. The number of nitrogens with zero attached hydrogens (tertiary/aromatic N) is 1. The van der Waals surface area contributed by atoms with Crippen molar-refractivity contribution in [3.05, 3.63) is 93.8 Å². The molecule has 2 aliphatic heterocycles. The van der Waals surface area contributed by atoms with Crippen LogP contribution in [0, 0.1) is 28.6 Å². The molecule has 2 bridgehead atoms. The average Bonchev–Trinajstić information content (AvgIpc) is 3.74. The number of H-pyrrole nitrogens is 1. The summed E-state index contributed by atoms with van der Waals surface area (Å²) >= 11 is 0. The Kier molecular flexibility index (Phi) is 8.32. The van der Waals surface area contributed by atoms with E-state index in [1.807, 2.05) is 12.1 Å². The third kappa shape index (κ3) is 5.33. The number of ether oxygens (including phenoxy) is 3. The van der Waals surface area contributed by atoms with Crippen molar-refractivity contribution in [1.29, 1.82) is 0 Å². The van der Waals surface area contributed by atoms with Crippen LogP contribution in [0.5, 0.6) is 0 Å². The number of hydrogen-bond acceptors (Lipinski definition) is 6. The summed E-state index contributed by atoms with van der Waals surface area (Å²) in [4.78, 5) is 27.4. The predicted octanol–water partition coefficient (Wildman–Crippen LogP) is 5.22. The molecule has 47 heavy (non-hydrogen) atoms. The molecule has 0 radical (unpaired) electrons. The number of nitrogens with one attached hydrogen (secondary N) is 1. The summed E-state index contributed by atoms with van der Waals surface area (Å²) in [5, 5.41) is 2.21. The van der Waals surface area contributed by atoms with Gasteiger partial charge >= 0.3 is 5.69 Å². The molecule has 8 atom stereocenters. The summed E-state index contributed by atoms with van der Waals surface area (Å²) in [5.74, 6) is 1.07. The Morgan fingerprint density at radius 3 is 2.17 bits per heavy atom. The first-order valence-corrected chi connectivity index (χ1v) is 19.2. The predicted molar refractivity (Wildman–Crippen MR) is 184 cm³/mol. The molecule has 2 aliphatic carbocycles. The smallest absolute Gasteiger partial charge is 0.330 e. The highest BCUT2D eigenvalue weighted by Crippen LogP contribution is 2.71. The van der Waals surface area contributed by atoms with Crippen LogP contribution in [-0.4, -0.2) is 49.6 Å². The number of fused-ring (bicyclic) bond motifs is 5. The Labute approximate surface area is 278 Å². The SMILES string of the molecule is CC1(C)[C@@H]2CC[C@@]1(C)[C@@H]1O[C@@H](OC[C@@H]3C[C@@H](CO[Si](c4ccccc4)(c4ccccc4)C(C)(C)C)[C@@H](n4ccc(=O)[nH]c4=O)O3)C[C@H]21. The average molecular weight is 659 g/mol. The second-order valence-corrected chi connectivity index (χ2v) is 20.4. The van der Waals surface area contributed by atoms with Crippen molar-refractivity contribution in [1.82, 2.24) is 9.55 Å². The van der Waals surface area contributed by atoms with E-state index < -0.39 is 25.8 Å². The molecule has 252 valence electrons. The van der Waals surface area contributed by atoms with Gasteiger partial charge in [0.2, 0.25) is 0 Å². The Hall–Kier alpha value is -2.82. The maximum Gasteiger partial charge on any atom is 0.330 e. The van der Waals surface area contributed by atoms with Gasteiger partial charge in [0.25, 0.3) is 13.9 Å². The summed E-state index contributed by atoms with van der Waals surface area (Å²) in [6, 6.07) is 22.5. The van der Waals surface area contributed by atoms with E-state index in [9.17, 15) is 9.59 Å². The fraction of sp³-hybridized carbons (Fsp3) is 0.579. The maximum atomic E-state index is 13.1. The molecule has 9 heteroatoms. The zero-order chi connectivity index (χ0) is 33.2. The Balaban J connectivity index is 1.13. The van der Waals surface area contributed by atoms with E-state index in [1.54, 1.807) is 0 Å². The van der Waals surface area contributed by atoms with Crippen molar-refractivity contribution in [2.45, 2.75) is 97.0 Å². The van der Waals surface area contributed by atoms with Gasteiger partial charge < -0.3 is 18.6 Å². The van der Waals surface area contributed by atoms with Gasteiger partial charge in [-0.2, -0.15) is 0 Å². The minimum atomic E-state index is -2.82. The molecule has 3 aromatic rings. The van der Waals surface area contributed by atoms with Crippen LogP contribution in [0.25, 0.3) is 0 Å². The van der Waals surface area contributed by atoms with Crippen molar-refractivity contribution in [3.63, 3.8) is 0 Å². The minimum Gasteiger partial charge on any atom is -0.407 e. The van der Waals surface area contributed by atoms with Gasteiger partial charge in [-0.25, -0.2) is 4.79 Å². The van der Waals surface area contributed by atoms with Crippen LogP contribution in [0.1, 0.15) is 73.5 Å². The second-order valence-electron chi connectivity index (χ2n) is 16.1. The van der Waals surface area contributed by atoms with Crippen molar-refractivity contribution < 1.29 is 18.6 Å². The first-order chi connectivity index (χ1) is 22.3. The molecule has 7 rings (SSSR count). The number of benzene rings is 2. The van der Waals surface area contributed by atoms with Crippen molar-refractivity contribution in [2.24, 2.45) is 28.6 Å². The summed E-state index contributed by atoms with van der Waals surface area (Å²) in [5.41, 5.74) is -0.446. The van der Waals surface area contributed by atoms with E-state index in [-0.39, 0.29) is 40.3 Å². The molecule has 0 amide bonds. The fourth-order valence-electron chi connectivity index (χ4n) is 9.80. The standard InChI is InChI=1S/C38H50N2O6Si/c1-36(2,3)47(27-13-9-7-10-14-27,28-15-11-8-12-16-28)44-23-25-21-26(45-34(25)40-20-18-31(41)39-35(40)42)24-43-32-22-29-30-17-19-38(6,33(29)46-32)37(30,4)5/h7-16,18,20,25-26,29-30,32-34H,17,19,21-24H2,1-6H3,(H,39,41,42)/t25-,26-,29+,30+,32+,33+,34-,38-/m0/s1. The zero-order valence-electron chi connectivity index (χ0n) is 28.6. The molecular formula is C38H50N2O6Si. The van der Waals surface area contributed by atoms with Crippen LogP contribution in [0.4, 0.5) is 0 Å². The summed E-state index contributed by atoms with van der Waals surface area (Å²) in [6.07, 6.45) is 4.74. The topological polar surface area (TPSA) is 91.8 Å². The molecule has 0 unspecified atom stereocenters. The van der Waals surface area contributed by atoms with Gasteiger partial charge in [-0.15, -0.1) is 0 Å². The third-order valence-electron chi connectivity index (χ3n) is 12.5. The molecule has 2 saturated carbocycles. The molecule has 2 aromatic carbocycles. The Morgan fingerprint density at radius 2 is 1.57 bits per heavy atom. The third-order valence-corrected chi connectivity index (χ3v) is 17.5. The van der Waals surface area contributed by atoms with Crippen LogP contribution >= 0.6 is 0 Å². The van der Waals surface area contributed by atoms with E-state index in [4.69, 9.17) is 18.6 Å². The lowest BCUT2D eigenvalue weighted by Crippen LogP contribution is -2.67. The molecular weight excluding hydrogens is 609 g/mol. The number of aromatic nitrogens is 2. The van der Waals surface area contributed by atoms with Gasteiger partial charge in [0.05, 0.1) is 18.8 Å². The van der Waals surface area contributed by atoms with Crippen molar-refractivity contribution in [2.75, 3.05) is 13.2 Å². The zero-order valence-corrected chi connectivity index (χ0v) is 29.6. The molecule has 0 spiro atoms. The van der Waals surface area contributed by atoms with Crippen LogP contribution in [-0.2, 0) is 18.6 Å². The second kappa shape index (κ2) is 11.9. The van der Waals surface area contributed by atoms with Gasteiger partial charge in [-0.1, -0.05) is 102 Å². The molecule has 8 nitrogen and oxygen atoms in total. The number of rotatable bonds is 9. The van der Waals surface area contributed by atoms with Crippen LogP contribution in [0.15, 0.2) is 82.5 Å².